The van der Waals surface area contributed by atoms with Gasteiger partial charge in [-0.2, -0.15) is 0 Å². The van der Waals surface area contributed by atoms with Gasteiger partial charge in [0, 0.05) is 5.56 Å². The smallest absolute Gasteiger partial charge is 0.236 e. The third kappa shape index (κ3) is 3.33. The van der Waals surface area contributed by atoms with Crippen LogP contribution in [-0.4, -0.2) is 4.98 Å². The number of rotatable bonds is 6. The highest BCUT2D eigenvalue weighted by atomic mass is 32.1. The van der Waals surface area contributed by atoms with E-state index in [9.17, 15) is 0 Å². The lowest BCUT2D eigenvalue weighted by Crippen LogP contribution is -2.83. The number of quaternary nitrogens is 1. The molecule has 0 saturated heterocycles. The number of thiophene rings is 2. The molecule has 3 aromatic heterocycles. The van der Waals surface area contributed by atoms with E-state index in [1.54, 1.807) is 28.9 Å². The molecule has 4 rings (SSSR count). The van der Waals surface area contributed by atoms with Gasteiger partial charge in [-0.1, -0.05) is 42.5 Å². The van der Waals surface area contributed by atoms with E-state index in [4.69, 9.17) is 4.42 Å². The third-order valence-electron chi connectivity index (χ3n) is 3.85. The van der Waals surface area contributed by atoms with Crippen molar-refractivity contribution >= 4 is 22.7 Å². The normalized spacial score (nSPS) is 12.3. The highest BCUT2D eigenvalue weighted by Gasteiger charge is 2.19. The van der Waals surface area contributed by atoms with E-state index in [2.05, 4.69) is 58.1 Å². The first kappa shape index (κ1) is 15.3. The van der Waals surface area contributed by atoms with Crippen LogP contribution in [0.1, 0.15) is 22.2 Å². The minimum atomic E-state index is 0.285. The number of hydrogen-bond acceptors (Lipinski definition) is 4. The topological polar surface area (TPSA) is 42.6 Å². The number of benzene rings is 1. The molecule has 5 heteroatoms. The zero-order valence-electron chi connectivity index (χ0n) is 13.0. The highest BCUT2D eigenvalue weighted by Crippen LogP contribution is 2.24. The maximum Gasteiger partial charge on any atom is 0.236 e. The zero-order chi connectivity index (χ0) is 16.2. The molecule has 24 heavy (non-hydrogen) atoms. The van der Waals surface area contributed by atoms with Crippen molar-refractivity contribution in [1.82, 2.24) is 4.98 Å². The van der Waals surface area contributed by atoms with Gasteiger partial charge in [0.05, 0.1) is 9.75 Å². The van der Waals surface area contributed by atoms with E-state index in [1.807, 2.05) is 17.5 Å². The van der Waals surface area contributed by atoms with Gasteiger partial charge in [0.15, 0.2) is 0 Å². The summed E-state index contributed by atoms with van der Waals surface area (Å²) in [6, 6.07) is 19.2. The molecule has 3 nitrogen and oxygen atoms in total. The molecule has 0 saturated carbocycles. The fraction of sp³-hybridized carbons (Fsp3) is 0.105. The summed E-state index contributed by atoms with van der Waals surface area (Å²) in [6.45, 7) is 0.784. The van der Waals surface area contributed by atoms with Crippen LogP contribution in [0.2, 0.25) is 0 Å². The second kappa shape index (κ2) is 7.13. The Hall–Kier alpha value is -2.21. The van der Waals surface area contributed by atoms with Crippen LogP contribution in [0.3, 0.4) is 0 Å². The van der Waals surface area contributed by atoms with Crippen LogP contribution in [-0.2, 0) is 6.54 Å². The number of nitrogens with two attached hydrogens (primary N) is 1. The second-order valence-electron chi connectivity index (χ2n) is 5.46. The van der Waals surface area contributed by atoms with E-state index < -0.39 is 0 Å². The highest BCUT2D eigenvalue weighted by molar-refractivity contribution is 7.13. The molecular formula is C19H17N2OS2+. The SMILES string of the molecule is c1ccc([C@@H]([NH2+]Cc2coc(-c3cccs3)n2)c2cccs2)cc1. The molecule has 1 aromatic carbocycles. The lowest BCUT2D eigenvalue weighted by Gasteiger charge is -2.13. The summed E-state index contributed by atoms with van der Waals surface area (Å²) in [6.07, 6.45) is 1.77. The fourth-order valence-electron chi connectivity index (χ4n) is 2.70. The molecule has 0 aliphatic rings. The number of oxazole rings is 1. The Morgan fingerprint density at radius 2 is 1.79 bits per heavy atom. The standard InChI is InChI=1S/C19H16N2OS2/c1-2-6-14(7-3-1)18(16-8-4-10-23-16)20-12-15-13-22-19(21-15)17-9-5-11-24-17/h1-11,13,18,20H,12H2/p+1/t18-/m1/s1. The molecule has 0 unspecified atom stereocenters. The van der Waals surface area contributed by atoms with Gasteiger partial charge in [-0.25, -0.2) is 4.98 Å². The maximum absolute atomic E-state index is 5.62. The molecule has 0 fully saturated rings. The molecule has 3 heterocycles. The lowest BCUT2D eigenvalue weighted by molar-refractivity contribution is -0.702. The molecular weight excluding hydrogens is 336 g/mol. The molecule has 1 atom stereocenters. The van der Waals surface area contributed by atoms with Crippen LogP contribution in [0.15, 0.2) is 76.0 Å². The Bertz CT molecular complexity index is 867. The van der Waals surface area contributed by atoms with Crippen LogP contribution < -0.4 is 5.32 Å². The van der Waals surface area contributed by atoms with E-state index in [1.165, 1.54) is 10.4 Å². The summed E-state index contributed by atoms with van der Waals surface area (Å²) >= 11 is 3.43. The molecule has 120 valence electrons. The average Bonchev–Trinajstić information content (AvgIpc) is 3.38. The van der Waals surface area contributed by atoms with Crippen LogP contribution in [0, 0.1) is 0 Å². The average molecular weight is 353 g/mol. The summed E-state index contributed by atoms with van der Waals surface area (Å²) in [5.74, 6) is 0.709. The Morgan fingerprint density at radius 3 is 2.54 bits per heavy atom. The summed E-state index contributed by atoms with van der Waals surface area (Å²) < 4.78 is 5.62. The van der Waals surface area contributed by atoms with Crippen molar-refractivity contribution in [3.8, 4) is 10.8 Å². The number of aromatic nitrogens is 1. The van der Waals surface area contributed by atoms with Crippen molar-refractivity contribution in [1.29, 1.82) is 0 Å². The largest absolute Gasteiger partial charge is 0.443 e. The van der Waals surface area contributed by atoms with Gasteiger partial charge in [0.2, 0.25) is 5.89 Å². The Labute approximate surface area is 148 Å². The molecule has 4 aromatic rings. The first-order valence-electron chi connectivity index (χ1n) is 7.80. The van der Waals surface area contributed by atoms with Crippen molar-refractivity contribution in [2.45, 2.75) is 12.6 Å². The van der Waals surface area contributed by atoms with Gasteiger partial charge < -0.3 is 9.73 Å². The van der Waals surface area contributed by atoms with Crippen molar-refractivity contribution < 1.29 is 9.73 Å². The molecule has 0 aliphatic heterocycles. The van der Waals surface area contributed by atoms with Gasteiger partial charge in [-0.3, -0.25) is 0 Å². The first-order chi connectivity index (χ1) is 11.9. The van der Waals surface area contributed by atoms with E-state index in [0.717, 1.165) is 17.1 Å². The predicted molar refractivity (Wildman–Crippen MR) is 98.0 cm³/mol. The van der Waals surface area contributed by atoms with Gasteiger partial charge in [-0.05, 0) is 22.9 Å². The van der Waals surface area contributed by atoms with Crippen LogP contribution >= 0.6 is 22.7 Å². The number of nitrogens with zero attached hydrogens (tertiary/aromatic N) is 1. The van der Waals surface area contributed by atoms with Crippen molar-refractivity contribution in [3.63, 3.8) is 0 Å². The third-order valence-corrected chi connectivity index (χ3v) is 5.67. The first-order valence-corrected chi connectivity index (χ1v) is 9.56. The van der Waals surface area contributed by atoms with E-state index >= 15 is 0 Å². The van der Waals surface area contributed by atoms with E-state index in [-0.39, 0.29) is 6.04 Å². The van der Waals surface area contributed by atoms with Gasteiger partial charge in [-0.15, -0.1) is 22.7 Å². The molecule has 2 N–H and O–H groups in total. The molecule has 0 aliphatic carbocycles. The van der Waals surface area contributed by atoms with Gasteiger partial charge in [0.1, 0.15) is 24.5 Å². The quantitative estimate of drug-likeness (QED) is 0.561. The summed E-state index contributed by atoms with van der Waals surface area (Å²) in [5, 5.41) is 6.48. The van der Waals surface area contributed by atoms with Crippen LogP contribution in [0.4, 0.5) is 0 Å². The lowest BCUT2D eigenvalue weighted by atomic mass is 10.1. The van der Waals surface area contributed by atoms with Crippen LogP contribution in [0.25, 0.3) is 10.8 Å². The Balaban J connectivity index is 1.52. The fourth-order valence-corrected chi connectivity index (χ4v) is 4.20. The van der Waals surface area contributed by atoms with Crippen molar-refractivity contribution in [3.05, 3.63) is 87.8 Å². The van der Waals surface area contributed by atoms with Crippen LogP contribution in [0.5, 0.6) is 0 Å². The summed E-state index contributed by atoms with van der Waals surface area (Å²) in [5.41, 5.74) is 2.28. The van der Waals surface area contributed by atoms with Crippen molar-refractivity contribution in [2.24, 2.45) is 0 Å². The summed E-state index contributed by atoms with van der Waals surface area (Å²) in [7, 11) is 0. The maximum atomic E-state index is 5.62. The predicted octanol–water partition coefficient (Wildman–Crippen LogP) is 4.32. The van der Waals surface area contributed by atoms with Gasteiger partial charge >= 0.3 is 0 Å². The minimum Gasteiger partial charge on any atom is -0.443 e. The zero-order valence-corrected chi connectivity index (χ0v) is 14.6. The van der Waals surface area contributed by atoms with Gasteiger partial charge in [0.25, 0.3) is 0 Å². The molecule has 0 radical (unpaired) electrons. The Morgan fingerprint density at radius 1 is 0.958 bits per heavy atom. The molecule has 0 spiro atoms. The molecule has 0 amide bonds. The Kier molecular flexibility index (Phi) is 4.55. The second-order valence-corrected chi connectivity index (χ2v) is 7.39. The monoisotopic (exact) mass is 353 g/mol. The summed E-state index contributed by atoms with van der Waals surface area (Å²) in [4.78, 5) is 7.03. The molecule has 0 bridgehead atoms. The minimum absolute atomic E-state index is 0.285. The van der Waals surface area contributed by atoms with E-state index in [0.29, 0.717) is 5.89 Å². The van der Waals surface area contributed by atoms with Crippen molar-refractivity contribution in [2.75, 3.05) is 0 Å². The number of hydrogen-bond donors (Lipinski definition) is 1.